The Morgan fingerprint density at radius 3 is 0.966 bits per heavy atom. The summed E-state index contributed by atoms with van der Waals surface area (Å²) in [6.45, 7) is 0. The van der Waals surface area contributed by atoms with Gasteiger partial charge in [-0.3, -0.25) is 0 Å². The number of hydrogen-bond acceptors (Lipinski definition) is 10. The standard InChI is InChI=1S/C48H39N7S3/c49-25-40-37-7-1-4-10-43(37)56-46(40)52-28-31-13-19-34(20-14-31)55(35-21-15-32(16-22-35)29-53-47-41(26-50)38-8-2-5-11-44(38)57-47)36-23-17-33(18-24-36)30-54-48-42(27-51)39-9-3-6-12-45(39)58-48/h13-24,28-30H,1-12H2/b52-28+,53-29+,54-30+. The Morgan fingerprint density at radius 2 is 0.690 bits per heavy atom. The van der Waals surface area contributed by atoms with Gasteiger partial charge in [0.05, 0.1) is 16.7 Å². The summed E-state index contributed by atoms with van der Waals surface area (Å²) in [6.07, 6.45) is 18.5. The van der Waals surface area contributed by atoms with Crippen LogP contribution < -0.4 is 4.90 Å². The zero-order valence-corrected chi connectivity index (χ0v) is 34.5. The van der Waals surface area contributed by atoms with E-state index in [9.17, 15) is 15.8 Å². The molecule has 0 saturated carbocycles. The molecule has 0 amide bonds. The minimum Gasteiger partial charge on any atom is -0.311 e. The summed E-state index contributed by atoms with van der Waals surface area (Å²) in [4.78, 5) is 20.5. The number of aryl methyl sites for hydroxylation is 3. The maximum atomic E-state index is 9.92. The fraction of sp³-hybridized carbons (Fsp3) is 0.250. The Labute approximate surface area is 351 Å². The van der Waals surface area contributed by atoms with Crippen LogP contribution in [0.4, 0.5) is 32.1 Å². The molecule has 58 heavy (non-hydrogen) atoms. The van der Waals surface area contributed by atoms with Crippen LogP contribution in [0.15, 0.2) is 87.8 Å². The summed E-state index contributed by atoms with van der Waals surface area (Å²) in [5.74, 6) is 0. The topological polar surface area (TPSA) is 112 Å². The molecule has 0 aliphatic heterocycles. The van der Waals surface area contributed by atoms with Gasteiger partial charge in [-0.25, -0.2) is 15.0 Å². The molecule has 0 N–H and O–H groups in total. The predicted octanol–water partition coefficient (Wildman–Crippen LogP) is 12.8. The van der Waals surface area contributed by atoms with Crippen LogP contribution in [0.5, 0.6) is 0 Å². The minimum atomic E-state index is 0.737. The van der Waals surface area contributed by atoms with Crippen molar-refractivity contribution in [3.05, 3.63) is 137 Å². The van der Waals surface area contributed by atoms with E-state index in [4.69, 9.17) is 15.0 Å². The van der Waals surface area contributed by atoms with Gasteiger partial charge in [-0.2, -0.15) is 15.8 Å². The maximum Gasteiger partial charge on any atom is 0.134 e. The van der Waals surface area contributed by atoms with E-state index in [1.54, 1.807) is 34.0 Å². The van der Waals surface area contributed by atoms with Crippen molar-refractivity contribution >= 4 is 84.7 Å². The number of nitrogens with zero attached hydrogens (tertiary/aromatic N) is 7. The van der Waals surface area contributed by atoms with Crippen molar-refractivity contribution in [3.8, 4) is 18.2 Å². The second kappa shape index (κ2) is 16.9. The monoisotopic (exact) mass is 809 g/mol. The third kappa shape index (κ3) is 7.58. The predicted molar refractivity (Wildman–Crippen MR) is 240 cm³/mol. The smallest absolute Gasteiger partial charge is 0.134 e. The van der Waals surface area contributed by atoms with Crippen molar-refractivity contribution in [1.29, 1.82) is 15.8 Å². The summed E-state index contributed by atoms with van der Waals surface area (Å²) in [5, 5.41) is 32.2. The Bertz CT molecular complexity index is 2410. The fourth-order valence-electron chi connectivity index (χ4n) is 8.25. The molecule has 3 heterocycles. The average Bonchev–Trinajstić information content (AvgIpc) is 3.95. The molecule has 0 unspecified atom stereocenters. The molecule has 0 atom stereocenters. The molecule has 3 aliphatic carbocycles. The number of hydrogen-bond donors (Lipinski definition) is 0. The fourth-order valence-corrected chi connectivity index (χ4v) is 11.8. The van der Waals surface area contributed by atoms with Gasteiger partial charge >= 0.3 is 0 Å². The van der Waals surface area contributed by atoms with Gasteiger partial charge in [0, 0.05) is 50.3 Å². The van der Waals surface area contributed by atoms with Gasteiger partial charge in [-0.15, -0.1) is 34.0 Å². The lowest BCUT2D eigenvalue weighted by atomic mass is 9.96. The van der Waals surface area contributed by atoms with Crippen molar-refractivity contribution in [2.45, 2.75) is 77.0 Å². The van der Waals surface area contributed by atoms with Crippen LogP contribution >= 0.6 is 34.0 Å². The van der Waals surface area contributed by atoms with E-state index in [0.717, 1.165) is 123 Å². The zero-order chi connectivity index (χ0) is 39.4. The van der Waals surface area contributed by atoms with Crippen LogP contribution in [0.2, 0.25) is 0 Å². The molecular formula is C48H39N7S3. The number of anilines is 3. The minimum absolute atomic E-state index is 0.737. The molecule has 0 fully saturated rings. The molecule has 3 aromatic carbocycles. The highest BCUT2D eigenvalue weighted by Gasteiger charge is 2.23. The van der Waals surface area contributed by atoms with Gasteiger partial charge in [0.25, 0.3) is 0 Å². The van der Waals surface area contributed by atoms with Gasteiger partial charge in [-0.1, -0.05) is 36.4 Å². The number of rotatable bonds is 9. The van der Waals surface area contributed by atoms with E-state index in [2.05, 4.69) is 95.9 Å². The molecular weight excluding hydrogens is 771 g/mol. The quantitative estimate of drug-likeness (QED) is 0.135. The summed E-state index contributed by atoms with van der Waals surface area (Å²) in [5.41, 5.74) is 11.6. The Balaban J connectivity index is 1.000. The number of fused-ring (bicyclic) bond motifs is 3. The van der Waals surface area contributed by atoms with Gasteiger partial charge in [0.15, 0.2) is 0 Å². The molecule has 284 valence electrons. The highest BCUT2D eigenvalue weighted by atomic mass is 32.1. The van der Waals surface area contributed by atoms with Gasteiger partial charge < -0.3 is 4.90 Å². The van der Waals surface area contributed by atoms with Crippen molar-refractivity contribution < 1.29 is 0 Å². The lowest BCUT2D eigenvalue weighted by Gasteiger charge is -2.25. The molecule has 7 nitrogen and oxygen atoms in total. The largest absolute Gasteiger partial charge is 0.311 e. The third-order valence-corrected chi connectivity index (χ3v) is 14.8. The van der Waals surface area contributed by atoms with Crippen molar-refractivity contribution in [2.75, 3.05) is 4.90 Å². The SMILES string of the molecule is N#Cc1c(/N=C/c2ccc(N(c3ccc(/C=N/c4sc5c(c4C#N)CCCC5)cc3)c3ccc(/C=N/c4sc5c(c4C#N)CCCC5)cc3)cc2)sc2c1CCCC2. The maximum absolute atomic E-state index is 9.92. The first-order chi connectivity index (χ1) is 28.6. The van der Waals surface area contributed by atoms with E-state index in [-0.39, 0.29) is 0 Å². The molecule has 0 bridgehead atoms. The van der Waals surface area contributed by atoms with E-state index >= 15 is 0 Å². The van der Waals surface area contributed by atoms with Crippen molar-refractivity contribution in [1.82, 2.24) is 0 Å². The Hall–Kier alpha value is -5.96. The number of nitriles is 3. The first-order valence-corrected chi connectivity index (χ1v) is 22.4. The first-order valence-electron chi connectivity index (χ1n) is 20.0. The number of aliphatic imine (C=N–C) groups is 3. The first kappa shape index (κ1) is 37.6. The second-order valence-corrected chi connectivity index (χ2v) is 18.1. The van der Waals surface area contributed by atoms with Crippen LogP contribution in [-0.2, 0) is 38.5 Å². The summed E-state index contributed by atoms with van der Waals surface area (Å²) in [6, 6.07) is 32.2. The van der Waals surface area contributed by atoms with E-state index < -0.39 is 0 Å². The summed E-state index contributed by atoms with van der Waals surface area (Å²) < 4.78 is 0. The molecule has 0 spiro atoms. The van der Waals surface area contributed by atoms with E-state index in [0.29, 0.717) is 0 Å². The summed E-state index contributed by atoms with van der Waals surface area (Å²) in [7, 11) is 0. The van der Waals surface area contributed by atoms with Gasteiger partial charge in [-0.05, 0) is 147 Å². The average molecular weight is 810 g/mol. The van der Waals surface area contributed by atoms with Crippen LogP contribution in [0.1, 0.15) is 103 Å². The van der Waals surface area contributed by atoms with Gasteiger partial charge in [0.2, 0.25) is 0 Å². The Morgan fingerprint density at radius 1 is 0.414 bits per heavy atom. The molecule has 3 aliphatic rings. The third-order valence-electron chi connectivity index (χ3n) is 11.2. The highest BCUT2D eigenvalue weighted by molar-refractivity contribution is 7.17. The molecule has 3 aromatic heterocycles. The van der Waals surface area contributed by atoms with Crippen LogP contribution in [0, 0.1) is 34.0 Å². The normalized spacial score (nSPS) is 14.8. The van der Waals surface area contributed by atoms with E-state index in [1.807, 2.05) is 18.6 Å². The molecule has 9 rings (SSSR count). The molecule has 10 heteroatoms. The van der Waals surface area contributed by atoms with Crippen molar-refractivity contribution in [3.63, 3.8) is 0 Å². The second-order valence-electron chi connectivity index (χ2n) is 14.9. The Kier molecular flexibility index (Phi) is 10.9. The van der Waals surface area contributed by atoms with Crippen LogP contribution in [0.25, 0.3) is 0 Å². The van der Waals surface area contributed by atoms with Gasteiger partial charge in [0.1, 0.15) is 33.2 Å². The molecule has 0 saturated heterocycles. The lowest BCUT2D eigenvalue weighted by Crippen LogP contribution is -2.10. The van der Waals surface area contributed by atoms with Crippen molar-refractivity contribution in [2.24, 2.45) is 15.0 Å². The highest BCUT2D eigenvalue weighted by Crippen LogP contribution is 2.42. The van der Waals surface area contributed by atoms with Crippen LogP contribution in [0.3, 0.4) is 0 Å². The zero-order valence-electron chi connectivity index (χ0n) is 32.0. The number of thiophene rings is 3. The van der Waals surface area contributed by atoms with Crippen LogP contribution in [-0.4, -0.2) is 18.6 Å². The number of benzene rings is 3. The molecule has 6 aromatic rings. The van der Waals surface area contributed by atoms with E-state index in [1.165, 1.54) is 50.6 Å². The lowest BCUT2D eigenvalue weighted by molar-refractivity contribution is 0.696. The molecule has 0 radical (unpaired) electrons. The summed E-state index contributed by atoms with van der Waals surface area (Å²) >= 11 is 4.97.